The number of hydrogen-bond donors (Lipinski definition) is 1. The van der Waals surface area contributed by atoms with Crippen LogP contribution in [0.4, 0.5) is 17.5 Å². The number of hydrogen-bond acceptors (Lipinski definition) is 9. The second-order valence-electron chi connectivity index (χ2n) is 8.58. The molecule has 4 rings (SSSR count). The number of nitriles is 1. The third-order valence-electron chi connectivity index (χ3n) is 5.99. The zero-order chi connectivity index (χ0) is 26.4. The lowest BCUT2D eigenvalue weighted by atomic mass is 10.1. The average molecular weight is 520 g/mol. The number of rotatable bonds is 8. The number of allylic oxidation sites excluding steroid dienone is 1. The topological polar surface area (TPSA) is 124 Å². The van der Waals surface area contributed by atoms with E-state index in [2.05, 4.69) is 25.2 Å². The lowest BCUT2D eigenvalue weighted by Crippen LogP contribution is -2.49. The maximum Gasteiger partial charge on any atom is 0.230 e. The van der Waals surface area contributed by atoms with Crippen molar-refractivity contribution >= 4 is 33.6 Å². The summed E-state index contributed by atoms with van der Waals surface area (Å²) < 4.78 is 31.8. The molecule has 37 heavy (non-hydrogen) atoms. The Balaban J connectivity index is 1.40. The van der Waals surface area contributed by atoms with Crippen LogP contribution >= 0.6 is 0 Å². The minimum Gasteiger partial charge on any atom is -0.438 e. The van der Waals surface area contributed by atoms with Crippen LogP contribution in [0.5, 0.6) is 11.6 Å². The standard InChI is InChI=1S/C26H29N7O3S/c1-4-37(34,35)33-14-12-32(13-15-33)23-8-7-22(18-29-23)30-26-28-11-9-24(31-26)36-25-19(2)16-21(6-5-10-27)17-20(25)3/h5-9,11,16-18H,4,12-15H2,1-3H3,(H,28,30,31)/b6-5+. The molecule has 3 heterocycles. The maximum atomic E-state index is 12.1. The Bertz CT molecular complexity index is 1400. The van der Waals surface area contributed by atoms with Gasteiger partial charge in [0.15, 0.2) is 0 Å². The van der Waals surface area contributed by atoms with Crippen LogP contribution in [0.3, 0.4) is 0 Å². The minimum absolute atomic E-state index is 0.117. The van der Waals surface area contributed by atoms with Crippen molar-refractivity contribution in [2.75, 3.05) is 42.1 Å². The first-order chi connectivity index (χ1) is 17.8. The Hall–Kier alpha value is -4.01. The molecule has 1 N–H and O–H groups in total. The third kappa shape index (κ3) is 6.41. The summed E-state index contributed by atoms with van der Waals surface area (Å²) in [7, 11) is -3.16. The van der Waals surface area contributed by atoms with Crippen LogP contribution < -0.4 is 15.0 Å². The first kappa shape index (κ1) is 26.1. The molecule has 0 radical (unpaired) electrons. The van der Waals surface area contributed by atoms with Gasteiger partial charge in [0.05, 0.1) is 23.7 Å². The summed E-state index contributed by atoms with van der Waals surface area (Å²) in [6, 6.07) is 11.4. The highest BCUT2D eigenvalue weighted by Crippen LogP contribution is 2.30. The van der Waals surface area contributed by atoms with Gasteiger partial charge in [-0.2, -0.15) is 14.6 Å². The molecule has 192 valence electrons. The average Bonchev–Trinajstić information content (AvgIpc) is 2.90. The van der Waals surface area contributed by atoms with Gasteiger partial charge < -0.3 is 15.0 Å². The first-order valence-corrected chi connectivity index (χ1v) is 13.5. The van der Waals surface area contributed by atoms with E-state index in [9.17, 15) is 8.42 Å². The number of ether oxygens (including phenoxy) is 1. The zero-order valence-electron chi connectivity index (χ0n) is 21.0. The summed E-state index contributed by atoms with van der Waals surface area (Å²) in [5, 5.41) is 11.9. The van der Waals surface area contributed by atoms with Gasteiger partial charge in [-0.15, -0.1) is 0 Å². The predicted molar refractivity (Wildman–Crippen MR) is 143 cm³/mol. The molecule has 0 atom stereocenters. The minimum atomic E-state index is -3.16. The van der Waals surface area contributed by atoms with Gasteiger partial charge in [0.1, 0.15) is 11.6 Å². The fourth-order valence-corrected chi connectivity index (χ4v) is 5.18. The normalized spacial score (nSPS) is 14.5. The first-order valence-electron chi connectivity index (χ1n) is 11.9. The summed E-state index contributed by atoms with van der Waals surface area (Å²) in [6.07, 6.45) is 6.51. The molecule has 10 nitrogen and oxygen atoms in total. The van der Waals surface area contributed by atoms with Crippen molar-refractivity contribution in [1.82, 2.24) is 19.3 Å². The molecule has 1 aliphatic heterocycles. The molecular formula is C26H29N7O3S. The van der Waals surface area contributed by atoms with Crippen molar-refractivity contribution in [3.8, 4) is 17.7 Å². The lowest BCUT2D eigenvalue weighted by molar-refractivity contribution is 0.384. The van der Waals surface area contributed by atoms with E-state index in [0.29, 0.717) is 49.4 Å². The Morgan fingerprint density at radius 3 is 2.46 bits per heavy atom. The van der Waals surface area contributed by atoms with Crippen LogP contribution in [0, 0.1) is 25.2 Å². The van der Waals surface area contributed by atoms with Crippen LogP contribution in [-0.2, 0) is 10.0 Å². The number of benzene rings is 1. The maximum absolute atomic E-state index is 12.1. The Labute approximate surface area is 217 Å². The number of nitrogens with zero attached hydrogens (tertiary/aromatic N) is 6. The molecule has 1 aromatic carbocycles. The van der Waals surface area contributed by atoms with Gasteiger partial charge in [0.2, 0.25) is 21.9 Å². The summed E-state index contributed by atoms with van der Waals surface area (Å²) in [5.41, 5.74) is 3.50. The Morgan fingerprint density at radius 1 is 1.11 bits per heavy atom. The largest absolute Gasteiger partial charge is 0.438 e. The van der Waals surface area contributed by atoms with Crippen LogP contribution in [0.25, 0.3) is 6.08 Å². The molecule has 0 unspecified atom stereocenters. The number of pyridine rings is 1. The molecule has 2 aromatic heterocycles. The van der Waals surface area contributed by atoms with Crippen molar-refractivity contribution in [3.63, 3.8) is 0 Å². The molecule has 1 fully saturated rings. The number of nitrogens with one attached hydrogen (secondary N) is 1. The van der Waals surface area contributed by atoms with Crippen molar-refractivity contribution < 1.29 is 13.2 Å². The highest BCUT2D eigenvalue weighted by Gasteiger charge is 2.25. The molecule has 0 spiro atoms. The van der Waals surface area contributed by atoms with E-state index in [1.807, 2.05) is 44.2 Å². The van der Waals surface area contributed by atoms with Gasteiger partial charge in [0.25, 0.3) is 0 Å². The van der Waals surface area contributed by atoms with Crippen molar-refractivity contribution in [2.24, 2.45) is 0 Å². The van der Waals surface area contributed by atoms with Crippen LogP contribution in [0.2, 0.25) is 0 Å². The molecule has 0 aliphatic carbocycles. The molecule has 1 aliphatic rings. The van der Waals surface area contributed by atoms with Crippen molar-refractivity contribution in [3.05, 3.63) is 65.5 Å². The van der Waals surface area contributed by atoms with Crippen molar-refractivity contribution in [2.45, 2.75) is 20.8 Å². The second-order valence-corrected chi connectivity index (χ2v) is 10.8. The van der Waals surface area contributed by atoms with E-state index in [4.69, 9.17) is 10.00 Å². The van der Waals surface area contributed by atoms with Gasteiger partial charge >= 0.3 is 0 Å². The number of aromatic nitrogens is 3. The van der Waals surface area contributed by atoms with Crippen LogP contribution in [-0.4, -0.2) is 59.6 Å². The third-order valence-corrected chi connectivity index (χ3v) is 7.88. The van der Waals surface area contributed by atoms with Gasteiger partial charge in [-0.1, -0.05) is 0 Å². The smallest absolute Gasteiger partial charge is 0.230 e. The van der Waals surface area contributed by atoms with Gasteiger partial charge in [-0.25, -0.2) is 18.4 Å². The van der Waals surface area contributed by atoms with E-state index in [1.165, 1.54) is 10.4 Å². The zero-order valence-corrected chi connectivity index (χ0v) is 21.9. The fourth-order valence-electron chi connectivity index (χ4n) is 4.09. The summed E-state index contributed by atoms with van der Waals surface area (Å²) in [5.74, 6) is 2.38. The Kier molecular flexibility index (Phi) is 8.01. The number of aryl methyl sites for hydroxylation is 2. The van der Waals surface area contributed by atoms with E-state index in [1.54, 1.807) is 31.5 Å². The monoisotopic (exact) mass is 519 g/mol. The SMILES string of the molecule is CCS(=O)(=O)N1CCN(c2ccc(Nc3nccc(Oc4c(C)cc(/C=C/C#N)cc4C)n3)cn2)CC1. The van der Waals surface area contributed by atoms with E-state index < -0.39 is 10.0 Å². The van der Waals surface area contributed by atoms with E-state index in [0.717, 1.165) is 22.5 Å². The highest BCUT2D eigenvalue weighted by atomic mass is 32.2. The van der Waals surface area contributed by atoms with Gasteiger partial charge in [0, 0.05) is 44.5 Å². The highest BCUT2D eigenvalue weighted by molar-refractivity contribution is 7.89. The van der Waals surface area contributed by atoms with Gasteiger partial charge in [-0.05, 0) is 67.8 Å². The second kappa shape index (κ2) is 11.4. The molecule has 1 saturated heterocycles. The summed E-state index contributed by atoms with van der Waals surface area (Å²) in [4.78, 5) is 15.3. The lowest BCUT2D eigenvalue weighted by Gasteiger charge is -2.34. The van der Waals surface area contributed by atoms with Crippen LogP contribution in [0.1, 0.15) is 23.6 Å². The molecule has 0 saturated carbocycles. The fraction of sp³-hybridized carbons (Fsp3) is 0.308. The predicted octanol–water partition coefficient (Wildman–Crippen LogP) is 4.03. The Morgan fingerprint density at radius 2 is 1.84 bits per heavy atom. The molecule has 3 aromatic rings. The van der Waals surface area contributed by atoms with Crippen LogP contribution in [0.15, 0.2) is 48.8 Å². The summed E-state index contributed by atoms with van der Waals surface area (Å²) >= 11 is 0. The number of anilines is 3. The number of sulfonamides is 1. The van der Waals surface area contributed by atoms with Gasteiger partial charge in [-0.3, -0.25) is 0 Å². The number of piperazine rings is 1. The summed E-state index contributed by atoms with van der Waals surface area (Å²) in [6.45, 7) is 7.65. The van der Waals surface area contributed by atoms with Crippen molar-refractivity contribution in [1.29, 1.82) is 5.26 Å². The molecule has 11 heteroatoms. The quantitative estimate of drug-likeness (QED) is 0.439. The van der Waals surface area contributed by atoms with E-state index >= 15 is 0 Å². The van der Waals surface area contributed by atoms with E-state index in [-0.39, 0.29) is 5.75 Å². The molecular weight excluding hydrogens is 490 g/mol. The molecule has 0 bridgehead atoms. The molecule has 0 amide bonds.